The first-order chi connectivity index (χ1) is 15.4. The van der Waals surface area contributed by atoms with Crippen LogP contribution in [0.2, 0.25) is 0 Å². The summed E-state index contributed by atoms with van der Waals surface area (Å²) in [5.41, 5.74) is 0.393. The second-order valence-electron chi connectivity index (χ2n) is 7.38. The van der Waals surface area contributed by atoms with Gasteiger partial charge in [-0.2, -0.15) is 0 Å². The Morgan fingerprint density at radius 3 is 2.34 bits per heavy atom. The average Bonchev–Trinajstić information content (AvgIpc) is 2.79. The molecule has 1 atom stereocenters. The molecule has 1 heterocycles. The monoisotopic (exact) mass is 453 g/mol. The molecule has 0 saturated carbocycles. The van der Waals surface area contributed by atoms with E-state index in [0.717, 1.165) is 12.1 Å². The van der Waals surface area contributed by atoms with Crippen LogP contribution in [0.1, 0.15) is 29.3 Å². The molecule has 0 amide bonds. The van der Waals surface area contributed by atoms with Gasteiger partial charge in [-0.3, -0.25) is 9.69 Å². The van der Waals surface area contributed by atoms with E-state index in [0.29, 0.717) is 43.3 Å². The van der Waals surface area contributed by atoms with Crippen molar-refractivity contribution in [2.45, 2.75) is 26.0 Å². The third-order valence-electron chi connectivity index (χ3n) is 5.22. The van der Waals surface area contributed by atoms with Crippen molar-refractivity contribution in [2.75, 3.05) is 40.5 Å². The Bertz CT molecular complexity index is 946. The Morgan fingerprint density at radius 2 is 1.72 bits per heavy atom. The molecule has 3 rings (SSSR count). The summed E-state index contributed by atoms with van der Waals surface area (Å²) in [5, 5.41) is 0. The maximum atomic E-state index is 14.5. The molecule has 1 aliphatic rings. The molecule has 0 bridgehead atoms. The van der Waals surface area contributed by atoms with E-state index >= 15 is 0 Å². The van der Waals surface area contributed by atoms with Gasteiger partial charge in [-0.1, -0.05) is 6.92 Å². The molecule has 1 fully saturated rings. The van der Waals surface area contributed by atoms with Gasteiger partial charge >= 0.3 is 0 Å². The number of ketones is 1. The molecule has 2 aromatic carbocycles. The van der Waals surface area contributed by atoms with Crippen LogP contribution in [0.3, 0.4) is 0 Å². The molecule has 174 valence electrons. The summed E-state index contributed by atoms with van der Waals surface area (Å²) in [5.74, 6) is -2.49. The highest BCUT2D eigenvalue weighted by Gasteiger charge is 2.24. The van der Waals surface area contributed by atoms with Gasteiger partial charge in [-0.05, 0) is 18.2 Å². The van der Waals surface area contributed by atoms with Crippen molar-refractivity contribution in [3.05, 3.63) is 52.8 Å². The number of morpholine rings is 1. The van der Waals surface area contributed by atoms with Crippen LogP contribution in [-0.4, -0.2) is 57.3 Å². The topological polar surface area (TPSA) is 57.2 Å². The lowest BCUT2D eigenvalue weighted by molar-refractivity contribution is -0.0515. The SMILES string of the molecule is CCC(=O)c1cc(F)c(OCC2CN(Cc3cc(OC)c(OC)cc3F)CCO2)c(F)c1. The lowest BCUT2D eigenvalue weighted by Crippen LogP contribution is -2.44. The van der Waals surface area contributed by atoms with Crippen molar-refractivity contribution < 1.29 is 36.9 Å². The van der Waals surface area contributed by atoms with Gasteiger partial charge in [0.15, 0.2) is 34.7 Å². The molecular weight excluding hydrogens is 427 g/mol. The van der Waals surface area contributed by atoms with Gasteiger partial charge in [0.1, 0.15) is 18.5 Å². The quantitative estimate of drug-likeness (QED) is 0.535. The van der Waals surface area contributed by atoms with E-state index in [-0.39, 0.29) is 24.4 Å². The van der Waals surface area contributed by atoms with Gasteiger partial charge in [0, 0.05) is 43.2 Å². The zero-order chi connectivity index (χ0) is 23.3. The Morgan fingerprint density at radius 1 is 1.06 bits per heavy atom. The van der Waals surface area contributed by atoms with Gasteiger partial charge in [-0.25, -0.2) is 13.2 Å². The van der Waals surface area contributed by atoms with Crippen LogP contribution in [0.4, 0.5) is 13.2 Å². The maximum Gasteiger partial charge on any atom is 0.190 e. The number of halogens is 3. The predicted octanol–water partition coefficient (Wildman–Crippen LogP) is 3.99. The number of rotatable bonds is 9. The van der Waals surface area contributed by atoms with Crippen LogP contribution in [-0.2, 0) is 11.3 Å². The Labute approximate surface area is 184 Å². The van der Waals surface area contributed by atoms with Crippen molar-refractivity contribution in [1.29, 1.82) is 0 Å². The van der Waals surface area contributed by atoms with Gasteiger partial charge in [0.2, 0.25) is 0 Å². The van der Waals surface area contributed by atoms with Crippen LogP contribution in [0, 0.1) is 17.5 Å². The van der Waals surface area contributed by atoms with Gasteiger partial charge in [0.25, 0.3) is 0 Å². The molecule has 2 aromatic rings. The third-order valence-corrected chi connectivity index (χ3v) is 5.22. The first kappa shape index (κ1) is 23.9. The number of carbonyl (C=O) groups excluding carboxylic acids is 1. The van der Waals surface area contributed by atoms with E-state index in [1.54, 1.807) is 13.0 Å². The summed E-state index contributed by atoms with van der Waals surface area (Å²) in [6.07, 6.45) is -0.325. The summed E-state index contributed by atoms with van der Waals surface area (Å²) in [4.78, 5) is 13.6. The van der Waals surface area contributed by atoms with Gasteiger partial charge < -0.3 is 18.9 Å². The second kappa shape index (κ2) is 10.7. The lowest BCUT2D eigenvalue weighted by atomic mass is 10.1. The number of methoxy groups -OCH3 is 2. The van der Waals surface area contributed by atoms with E-state index in [1.807, 2.05) is 4.90 Å². The smallest absolute Gasteiger partial charge is 0.190 e. The molecule has 0 spiro atoms. The van der Waals surface area contributed by atoms with Crippen LogP contribution < -0.4 is 14.2 Å². The van der Waals surface area contributed by atoms with Crippen LogP contribution >= 0.6 is 0 Å². The zero-order valence-corrected chi connectivity index (χ0v) is 18.3. The Kier molecular flexibility index (Phi) is 7.98. The molecule has 0 aliphatic carbocycles. The number of ether oxygens (including phenoxy) is 4. The number of hydrogen-bond acceptors (Lipinski definition) is 6. The molecule has 0 N–H and O–H groups in total. The standard InChI is InChI=1S/C23H26F3NO5/c1-4-20(28)14-7-18(25)23(19(26)8-14)32-13-16-12-27(5-6-31-16)11-15-9-21(29-2)22(30-3)10-17(15)24/h7-10,16H,4-6,11-13H2,1-3H3. The molecule has 6 nitrogen and oxygen atoms in total. The molecule has 9 heteroatoms. The normalized spacial score (nSPS) is 16.6. The highest BCUT2D eigenvalue weighted by atomic mass is 19.1. The fourth-order valence-corrected chi connectivity index (χ4v) is 3.52. The Balaban J connectivity index is 1.63. The minimum atomic E-state index is -0.943. The Hall–Kier alpha value is -2.78. The molecule has 1 aliphatic heterocycles. The van der Waals surface area contributed by atoms with E-state index in [9.17, 15) is 18.0 Å². The number of hydrogen-bond donors (Lipinski definition) is 0. The van der Waals surface area contributed by atoms with Crippen molar-refractivity contribution in [3.8, 4) is 17.2 Å². The molecule has 1 unspecified atom stereocenters. The van der Waals surface area contributed by atoms with Crippen LogP contribution in [0.5, 0.6) is 17.2 Å². The number of Topliss-reactive ketones (excluding diaryl/α,β-unsaturated/α-hetero) is 1. The number of benzene rings is 2. The summed E-state index contributed by atoms with van der Waals surface area (Å²) in [7, 11) is 2.91. The fourth-order valence-electron chi connectivity index (χ4n) is 3.52. The van der Waals surface area contributed by atoms with Crippen molar-refractivity contribution >= 4 is 5.78 Å². The summed E-state index contributed by atoms with van der Waals surface area (Å²) >= 11 is 0. The first-order valence-electron chi connectivity index (χ1n) is 10.3. The van der Waals surface area contributed by atoms with Crippen molar-refractivity contribution in [1.82, 2.24) is 4.90 Å². The molecule has 1 saturated heterocycles. The van der Waals surface area contributed by atoms with Crippen LogP contribution in [0.15, 0.2) is 24.3 Å². The van der Waals surface area contributed by atoms with Crippen LogP contribution in [0.25, 0.3) is 0 Å². The summed E-state index contributed by atoms with van der Waals surface area (Å²) in [6.45, 7) is 3.10. The molecular formula is C23H26F3NO5. The molecule has 0 radical (unpaired) electrons. The molecule has 32 heavy (non-hydrogen) atoms. The number of nitrogens with zero attached hydrogens (tertiary/aromatic N) is 1. The van der Waals surface area contributed by atoms with E-state index in [4.69, 9.17) is 18.9 Å². The largest absolute Gasteiger partial charge is 0.493 e. The summed E-state index contributed by atoms with van der Waals surface area (Å²) in [6, 6.07) is 4.79. The average molecular weight is 453 g/mol. The minimum Gasteiger partial charge on any atom is -0.493 e. The fraction of sp³-hybridized carbons (Fsp3) is 0.435. The van der Waals surface area contributed by atoms with E-state index in [1.165, 1.54) is 20.3 Å². The van der Waals surface area contributed by atoms with Gasteiger partial charge in [0.05, 0.1) is 20.8 Å². The van der Waals surface area contributed by atoms with E-state index < -0.39 is 29.3 Å². The highest BCUT2D eigenvalue weighted by Crippen LogP contribution is 2.31. The highest BCUT2D eigenvalue weighted by molar-refractivity contribution is 5.96. The van der Waals surface area contributed by atoms with Crippen molar-refractivity contribution in [2.24, 2.45) is 0 Å². The third kappa shape index (κ3) is 5.52. The van der Waals surface area contributed by atoms with Gasteiger partial charge in [-0.15, -0.1) is 0 Å². The summed E-state index contributed by atoms with van der Waals surface area (Å²) < 4.78 is 64.3. The van der Waals surface area contributed by atoms with E-state index in [2.05, 4.69) is 0 Å². The first-order valence-corrected chi connectivity index (χ1v) is 10.3. The zero-order valence-electron chi connectivity index (χ0n) is 18.3. The van der Waals surface area contributed by atoms with Crippen molar-refractivity contribution in [3.63, 3.8) is 0 Å². The maximum absolute atomic E-state index is 14.5. The number of carbonyl (C=O) groups is 1. The minimum absolute atomic E-state index is 0.0353. The molecule has 0 aromatic heterocycles. The predicted molar refractivity (Wildman–Crippen MR) is 111 cm³/mol. The second-order valence-corrected chi connectivity index (χ2v) is 7.38. The lowest BCUT2D eigenvalue weighted by Gasteiger charge is -2.33.